The normalized spacial score (nSPS) is 18.5. The van der Waals surface area contributed by atoms with E-state index in [0.29, 0.717) is 5.92 Å². The molecule has 0 saturated carbocycles. The summed E-state index contributed by atoms with van der Waals surface area (Å²) in [5, 5.41) is 11.4. The first-order valence-corrected chi connectivity index (χ1v) is 9.41. The monoisotopic (exact) mass is 340 g/mol. The number of hydrogen-bond acceptors (Lipinski definition) is 6. The Morgan fingerprint density at radius 1 is 1.21 bits per heavy atom. The number of nitrogens with zero attached hydrogens (tertiary/aromatic N) is 5. The summed E-state index contributed by atoms with van der Waals surface area (Å²) in [5.74, 6) is 1.79. The smallest absolute Gasteiger partial charge is 0.157 e. The lowest BCUT2D eigenvalue weighted by Gasteiger charge is -2.41. The van der Waals surface area contributed by atoms with Crippen LogP contribution in [0, 0.1) is 6.92 Å². The Balaban J connectivity index is 1.52. The van der Waals surface area contributed by atoms with E-state index in [4.69, 9.17) is 4.98 Å². The third-order valence-electron chi connectivity index (χ3n) is 4.95. The molecule has 6 nitrogen and oxygen atoms in total. The molecular formula is C17H20N6S. The highest BCUT2D eigenvalue weighted by Crippen LogP contribution is 2.36. The zero-order valence-corrected chi connectivity index (χ0v) is 14.5. The third kappa shape index (κ3) is 2.22. The third-order valence-corrected chi connectivity index (χ3v) is 6.07. The number of anilines is 1. The van der Waals surface area contributed by atoms with Gasteiger partial charge in [-0.2, -0.15) is 9.61 Å². The van der Waals surface area contributed by atoms with Crippen LogP contribution in [0.4, 0.5) is 5.82 Å². The van der Waals surface area contributed by atoms with E-state index in [0.717, 1.165) is 50.4 Å². The second-order valence-electron chi connectivity index (χ2n) is 6.64. The van der Waals surface area contributed by atoms with Crippen molar-refractivity contribution in [2.24, 2.45) is 0 Å². The molecule has 0 aliphatic carbocycles. The highest BCUT2D eigenvalue weighted by atomic mass is 32.1. The van der Waals surface area contributed by atoms with Gasteiger partial charge in [0.05, 0.1) is 16.9 Å². The maximum Gasteiger partial charge on any atom is 0.157 e. The van der Waals surface area contributed by atoms with Crippen LogP contribution in [0.1, 0.15) is 27.9 Å². The standard InChI is InChI=1S/C17H20N6S/c1-11-10-24-16(20-11)12-8-22(9-12)17-13-2-5-18-6-3-14(13)21-15-4-7-19-23(15)17/h4,7,10,12,18H,2-3,5-6,8-9H2,1H3. The van der Waals surface area contributed by atoms with Crippen LogP contribution in [0.25, 0.3) is 5.65 Å². The van der Waals surface area contributed by atoms with Crippen molar-refractivity contribution in [1.29, 1.82) is 0 Å². The van der Waals surface area contributed by atoms with Crippen LogP contribution in [0.3, 0.4) is 0 Å². The summed E-state index contributed by atoms with van der Waals surface area (Å²) in [7, 11) is 0. The number of hydrogen-bond donors (Lipinski definition) is 1. The van der Waals surface area contributed by atoms with E-state index in [1.807, 2.05) is 16.8 Å². The van der Waals surface area contributed by atoms with E-state index in [2.05, 4.69) is 32.6 Å². The van der Waals surface area contributed by atoms with Gasteiger partial charge in [0.15, 0.2) is 5.65 Å². The van der Waals surface area contributed by atoms with Crippen LogP contribution in [-0.4, -0.2) is 45.8 Å². The molecule has 3 aromatic heterocycles. The Bertz CT molecular complexity index is 892. The molecule has 0 unspecified atom stereocenters. The van der Waals surface area contributed by atoms with E-state index < -0.39 is 0 Å². The number of rotatable bonds is 2. The van der Waals surface area contributed by atoms with E-state index in [1.54, 1.807) is 11.3 Å². The number of aryl methyl sites for hydroxylation is 1. The predicted octanol–water partition coefficient (Wildman–Crippen LogP) is 1.79. The largest absolute Gasteiger partial charge is 0.355 e. The Morgan fingerprint density at radius 2 is 2.08 bits per heavy atom. The zero-order valence-electron chi connectivity index (χ0n) is 13.7. The minimum atomic E-state index is 0.544. The van der Waals surface area contributed by atoms with Crippen LogP contribution in [-0.2, 0) is 12.8 Å². The Kier molecular flexibility index (Phi) is 3.31. The predicted molar refractivity (Wildman–Crippen MR) is 95.1 cm³/mol. The van der Waals surface area contributed by atoms with Crippen molar-refractivity contribution in [3.63, 3.8) is 0 Å². The van der Waals surface area contributed by atoms with Crippen molar-refractivity contribution in [2.45, 2.75) is 25.7 Å². The molecule has 5 rings (SSSR count). The van der Waals surface area contributed by atoms with E-state index in [9.17, 15) is 0 Å². The summed E-state index contributed by atoms with van der Waals surface area (Å²) in [4.78, 5) is 12.0. The number of aromatic nitrogens is 4. The van der Waals surface area contributed by atoms with Crippen molar-refractivity contribution in [3.05, 3.63) is 39.6 Å². The van der Waals surface area contributed by atoms with Gasteiger partial charge >= 0.3 is 0 Å². The summed E-state index contributed by atoms with van der Waals surface area (Å²) in [6, 6.07) is 2.00. The molecule has 24 heavy (non-hydrogen) atoms. The van der Waals surface area contributed by atoms with Crippen LogP contribution >= 0.6 is 11.3 Å². The van der Waals surface area contributed by atoms with Gasteiger partial charge in [-0.3, -0.25) is 0 Å². The maximum atomic E-state index is 4.84. The maximum absolute atomic E-state index is 4.84. The lowest BCUT2D eigenvalue weighted by Crippen LogP contribution is -2.46. The molecule has 0 aromatic carbocycles. The Morgan fingerprint density at radius 3 is 2.92 bits per heavy atom. The van der Waals surface area contributed by atoms with Gasteiger partial charge in [0.1, 0.15) is 5.82 Å². The van der Waals surface area contributed by atoms with Gasteiger partial charge in [0.25, 0.3) is 0 Å². The molecule has 0 amide bonds. The SMILES string of the molecule is Cc1csc(C2CN(c3c4c(nc5ccnn35)CCNCC4)C2)n1. The second-order valence-corrected chi connectivity index (χ2v) is 7.53. The quantitative estimate of drug-likeness (QED) is 0.771. The summed E-state index contributed by atoms with van der Waals surface area (Å²) >= 11 is 1.79. The lowest BCUT2D eigenvalue weighted by molar-refractivity contribution is 0.509. The molecule has 7 heteroatoms. The zero-order chi connectivity index (χ0) is 16.1. The minimum Gasteiger partial charge on any atom is -0.355 e. The summed E-state index contributed by atoms with van der Waals surface area (Å²) in [6.45, 7) is 6.12. The molecule has 124 valence electrons. The van der Waals surface area contributed by atoms with Gasteiger partial charge in [0.2, 0.25) is 0 Å². The molecule has 0 atom stereocenters. The molecule has 2 aliphatic rings. The molecule has 0 spiro atoms. The fraction of sp³-hybridized carbons (Fsp3) is 0.471. The van der Waals surface area contributed by atoms with E-state index in [1.165, 1.54) is 22.1 Å². The average Bonchev–Trinajstić information content (AvgIpc) is 3.09. The van der Waals surface area contributed by atoms with Gasteiger partial charge in [0, 0.05) is 54.7 Å². The Labute approximate surface area is 144 Å². The minimum absolute atomic E-state index is 0.544. The van der Waals surface area contributed by atoms with Gasteiger partial charge in [-0.1, -0.05) is 0 Å². The fourth-order valence-electron chi connectivity index (χ4n) is 3.71. The number of fused-ring (bicyclic) bond motifs is 2. The van der Waals surface area contributed by atoms with Crippen LogP contribution in [0.15, 0.2) is 17.6 Å². The molecule has 1 N–H and O–H groups in total. The molecule has 0 bridgehead atoms. The summed E-state index contributed by atoms with van der Waals surface area (Å²) in [6.07, 6.45) is 3.86. The first kappa shape index (κ1) is 14.4. The molecule has 3 aromatic rings. The molecule has 0 radical (unpaired) electrons. The molecule has 1 saturated heterocycles. The Hall–Kier alpha value is -1.99. The van der Waals surface area contributed by atoms with Gasteiger partial charge in [-0.25, -0.2) is 9.97 Å². The molecule has 5 heterocycles. The fourth-order valence-corrected chi connectivity index (χ4v) is 4.59. The van der Waals surface area contributed by atoms with E-state index in [-0.39, 0.29) is 0 Å². The van der Waals surface area contributed by atoms with Crippen molar-refractivity contribution < 1.29 is 0 Å². The number of nitrogens with one attached hydrogen (secondary N) is 1. The second kappa shape index (κ2) is 5.53. The van der Waals surface area contributed by atoms with Gasteiger partial charge in [-0.05, 0) is 19.9 Å². The first-order valence-electron chi connectivity index (χ1n) is 8.53. The highest BCUT2D eigenvalue weighted by Gasteiger charge is 2.34. The van der Waals surface area contributed by atoms with Crippen molar-refractivity contribution in [1.82, 2.24) is 24.9 Å². The lowest BCUT2D eigenvalue weighted by atomic mass is 9.99. The molecular weight excluding hydrogens is 320 g/mol. The first-order chi connectivity index (χ1) is 11.8. The molecule has 2 aliphatic heterocycles. The van der Waals surface area contributed by atoms with Gasteiger partial charge < -0.3 is 10.2 Å². The van der Waals surface area contributed by atoms with Crippen LogP contribution in [0.2, 0.25) is 0 Å². The average molecular weight is 340 g/mol. The van der Waals surface area contributed by atoms with Crippen molar-refractivity contribution in [2.75, 3.05) is 31.1 Å². The summed E-state index contributed by atoms with van der Waals surface area (Å²) in [5.41, 5.74) is 4.69. The van der Waals surface area contributed by atoms with Gasteiger partial charge in [-0.15, -0.1) is 11.3 Å². The summed E-state index contributed by atoms with van der Waals surface area (Å²) < 4.78 is 2.02. The number of thiazole rings is 1. The molecule has 1 fully saturated rings. The van der Waals surface area contributed by atoms with E-state index >= 15 is 0 Å². The van der Waals surface area contributed by atoms with Crippen molar-refractivity contribution >= 4 is 22.8 Å². The van der Waals surface area contributed by atoms with Crippen LogP contribution < -0.4 is 10.2 Å². The topological polar surface area (TPSA) is 58.4 Å². The van der Waals surface area contributed by atoms with Crippen molar-refractivity contribution in [3.8, 4) is 0 Å². The highest BCUT2D eigenvalue weighted by molar-refractivity contribution is 7.09. The van der Waals surface area contributed by atoms with Crippen LogP contribution in [0.5, 0.6) is 0 Å².